The third kappa shape index (κ3) is 3.34. The average molecular weight is 374 g/mol. The SMILES string of the molecule is CCCN1C(=O)C(=Cc2cc(C)n(-c3ccc(Cl)cc3)c2C)NC1=S. The molecule has 4 nitrogen and oxygen atoms in total. The highest BCUT2D eigenvalue weighted by Gasteiger charge is 2.30. The van der Waals surface area contributed by atoms with Crippen molar-refractivity contribution >= 4 is 40.9 Å². The Morgan fingerprint density at radius 2 is 1.92 bits per heavy atom. The Bertz CT molecular complexity index is 868. The zero-order valence-corrected chi connectivity index (χ0v) is 16.0. The normalized spacial score (nSPS) is 16.0. The fourth-order valence-electron chi connectivity index (χ4n) is 3.08. The highest BCUT2D eigenvalue weighted by atomic mass is 35.5. The second kappa shape index (κ2) is 7.02. The summed E-state index contributed by atoms with van der Waals surface area (Å²) in [6, 6.07) is 9.78. The Morgan fingerprint density at radius 3 is 2.56 bits per heavy atom. The summed E-state index contributed by atoms with van der Waals surface area (Å²) < 4.78 is 2.14. The van der Waals surface area contributed by atoms with E-state index in [0.717, 1.165) is 29.1 Å². The minimum absolute atomic E-state index is 0.0665. The van der Waals surface area contributed by atoms with E-state index in [4.69, 9.17) is 23.8 Å². The number of benzene rings is 1. The van der Waals surface area contributed by atoms with E-state index in [9.17, 15) is 4.79 Å². The first-order valence-electron chi connectivity index (χ1n) is 8.21. The first-order valence-corrected chi connectivity index (χ1v) is 9.00. The Balaban J connectivity index is 1.97. The lowest BCUT2D eigenvalue weighted by Gasteiger charge is -2.11. The Kier molecular flexibility index (Phi) is 4.97. The Hall–Kier alpha value is -2.11. The number of amides is 1. The van der Waals surface area contributed by atoms with Crippen LogP contribution < -0.4 is 5.32 Å². The molecule has 0 spiro atoms. The molecule has 25 heavy (non-hydrogen) atoms. The fourth-order valence-corrected chi connectivity index (χ4v) is 3.49. The van der Waals surface area contributed by atoms with Crippen LogP contribution in [0.4, 0.5) is 0 Å². The first kappa shape index (κ1) is 17.7. The molecule has 0 radical (unpaired) electrons. The number of carbonyl (C=O) groups is 1. The minimum Gasteiger partial charge on any atom is -0.328 e. The summed E-state index contributed by atoms with van der Waals surface area (Å²) in [6.45, 7) is 6.74. The molecule has 1 aliphatic heterocycles. The number of aromatic nitrogens is 1. The lowest BCUT2D eigenvalue weighted by Crippen LogP contribution is -2.31. The Morgan fingerprint density at radius 1 is 1.24 bits per heavy atom. The van der Waals surface area contributed by atoms with Gasteiger partial charge in [0.2, 0.25) is 0 Å². The smallest absolute Gasteiger partial charge is 0.276 e. The van der Waals surface area contributed by atoms with E-state index in [-0.39, 0.29) is 5.91 Å². The van der Waals surface area contributed by atoms with Gasteiger partial charge in [-0.15, -0.1) is 0 Å². The van der Waals surface area contributed by atoms with Crippen molar-refractivity contribution in [1.29, 1.82) is 0 Å². The molecular formula is C19H20ClN3OS. The van der Waals surface area contributed by atoms with Gasteiger partial charge in [-0.25, -0.2) is 0 Å². The Labute approximate surface area is 158 Å². The fraction of sp³-hybridized carbons (Fsp3) is 0.263. The lowest BCUT2D eigenvalue weighted by molar-refractivity contribution is -0.122. The van der Waals surface area contributed by atoms with Crippen molar-refractivity contribution in [2.45, 2.75) is 27.2 Å². The quantitative estimate of drug-likeness (QED) is 0.644. The van der Waals surface area contributed by atoms with Crippen LogP contribution in [0, 0.1) is 13.8 Å². The maximum atomic E-state index is 12.5. The molecule has 0 saturated carbocycles. The van der Waals surface area contributed by atoms with E-state index in [0.29, 0.717) is 22.4 Å². The standard InChI is InChI=1S/C19H20ClN3OS/c1-4-9-22-18(24)17(21-19(22)25)11-14-10-12(2)23(13(14)3)16-7-5-15(20)6-8-16/h5-8,10-11H,4,9H2,1-3H3,(H,21,25). The first-order chi connectivity index (χ1) is 11.9. The molecule has 2 aromatic rings. The molecule has 0 bridgehead atoms. The maximum Gasteiger partial charge on any atom is 0.276 e. The van der Waals surface area contributed by atoms with E-state index in [1.54, 1.807) is 4.90 Å². The molecule has 0 unspecified atom stereocenters. The zero-order valence-electron chi connectivity index (χ0n) is 14.5. The number of nitrogens with zero attached hydrogens (tertiary/aromatic N) is 2. The summed E-state index contributed by atoms with van der Waals surface area (Å²) in [5.41, 5.74) is 4.70. The van der Waals surface area contributed by atoms with Crippen LogP contribution >= 0.6 is 23.8 Å². The number of hydrogen-bond donors (Lipinski definition) is 1. The molecule has 6 heteroatoms. The van der Waals surface area contributed by atoms with E-state index < -0.39 is 0 Å². The van der Waals surface area contributed by atoms with Crippen LogP contribution in [0.2, 0.25) is 5.02 Å². The third-order valence-electron chi connectivity index (χ3n) is 4.26. The molecule has 0 atom stereocenters. The van der Waals surface area contributed by atoms with Gasteiger partial charge in [-0.1, -0.05) is 18.5 Å². The van der Waals surface area contributed by atoms with Crippen molar-refractivity contribution in [3.8, 4) is 5.69 Å². The monoisotopic (exact) mass is 373 g/mol. The van der Waals surface area contributed by atoms with Crippen molar-refractivity contribution in [3.63, 3.8) is 0 Å². The van der Waals surface area contributed by atoms with Gasteiger partial charge in [-0.05, 0) is 74.5 Å². The summed E-state index contributed by atoms with van der Waals surface area (Å²) in [5, 5.41) is 4.22. The van der Waals surface area contributed by atoms with Crippen LogP contribution in [0.1, 0.15) is 30.3 Å². The molecule has 1 saturated heterocycles. The molecule has 130 valence electrons. The van der Waals surface area contributed by atoms with Gasteiger partial charge in [0.25, 0.3) is 5.91 Å². The van der Waals surface area contributed by atoms with Crippen LogP contribution in [0.25, 0.3) is 11.8 Å². The number of hydrogen-bond acceptors (Lipinski definition) is 2. The van der Waals surface area contributed by atoms with Crippen molar-refractivity contribution in [2.75, 3.05) is 6.54 Å². The van der Waals surface area contributed by atoms with Crippen molar-refractivity contribution in [2.24, 2.45) is 0 Å². The third-order valence-corrected chi connectivity index (χ3v) is 4.84. The van der Waals surface area contributed by atoms with Crippen LogP contribution in [-0.4, -0.2) is 27.0 Å². The lowest BCUT2D eigenvalue weighted by atomic mass is 10.2. The largest absolute Gasteiger partial charge is 0.328 e. The zero-order chi connectivity index (χ0) is 18.1. The second-order valence-electron chi connectivity index (χ2n) is 6.08. The molecule has 1 aliphatic rings. The molecule has 1 aromatic carbocycles. The van der Waals surface area contributed by atoms with Gasteiger partial charge in [0.1, 0.15) is 5.70 Å². The average Bonchev–Trinajstić information content (AvgIpc) is 3.00. The molecular weight excluding hydrogens is 354 g/mol. The molecule has 3 rings (SSSR count). The van der Waals surface area contributed by atoms with Crippen molar-refractivity contribution in [1.82, 2.24) is 14.8 Å². The predicted octanol–water partition coefficient (Wildman–Crippen LogP) is 4.22. The number of aryl methyl sites for hydroxylation is 1. The van der Waals surface area contributed by atoms with Crippen LogP contribution in [0.3, 0.4) is 0 Å². The van der Waals surface area contributed by atoms with Crippen LogP contribution in [-0.2, 0) is 4.79 Å². The predicted molar refractivity (Wildman–Crippen MR) is 106 cm³/mol. The van der Waals surface area contributed by atoms with E-state index in [1.807, 2.05) is 51.1 Å². The van der Waals surface area contributed by atoms with Gasteiger partial charge in [0, 0.05) is 28.6 Å². The van der Waals surface area contributed by atoms with E-state index >= 15 is 0 Å². The number of thiocarbonyl (C=S) groups is 1. The van der Waals surface area contributed by atoms with E-state index in [1.165, 1.54) is 0 Å². The van der Waals surface area contributed by atoms with Crippen molar-refractivity contribution < 1.29 is 4.79 Å². The van der Waals surface area contributed by atoms with Gasteiger partial charge >= 0.3 is 0 Å². The highest BCUT2D eigenvalue weighted by molar-refractivity contribution is 7.80. The minimum atomic E-state index is -0.0665. The molecule has 1 N–H and O–H groups in total. The molecule has 1 fully saturated rings. The molecule has 0 aliphatic carbocycles. The highest BCUT2D eigenvalue weighted by Crippen LogP contribution is 2.24. The van der Waals surface area contributed by atoms with Gasteiger partial charge in [0.05, 0.1) is 0 Å². The summed E-state index contributed by atoms with van der Waals surface area (Å²) in [6.07, 6.45) is 2.74. The maximum absolute atomic E-state index is 12.5. The molecule has 1 amide bonds. The summed E-state index contributed by atoms with van der Waals surface area (Å²) >= 11 is 11.2. The second-order valence-corrected chi connectivity index (χ2v) is 6.91. The van der Waals surface area contributed by atoms with E-state index in [2.05, 4.69) is 16.0 Å². The summed E-state index contributed by atoms with van der Waals surface area (Å²) in [7, 11) is 0. The van der Waals surface area contributed by atoms with Gasteiger partial charge in [-0.2, -0.15) is 0 Å². The van der Waals surface area contributed by atoms with Gasteiger partial charge in [-0.3, -0.25) is 9.69 Å². The van der Waals surface area contributed by atoms with Gasteiger partial charge in [0.15, 0.2) is 5.11 Å². The topological polar surface area (TPSA) is 37.3 Å². The van der Waals surface area contributed by atoms with Crippen molar-refractivity contribution in [3.05, 3.63) is 58.0 Å². The number of nitrogens with one attached hydrogen (secondary N) is 1. The number of halogens is 1. The molecule has 1 aromatic heterocycles. The van der Waals surface area contributed by atoms with Gasteiger partial charge < -0.3 is 9.88 Å². The summed E-state index contributed by atoms with van der Waals surface area (Å²) in [4.78, 5) is 14.1. The van der Waals surface area contributed by atoms with Crippen LogP contribution in [0.5, 0.6) is 0 Å². The number of rotatable bonds is 4. The summed E-state index contributed by atoms with van der Waals surface area (Å²) in [5.74, 6) is -0.0665. The molecule has 2 heterocycles. The van der Waals surface area contributed by atoms with Crippen LogP contribution in [0.15, 0.2) is 36.0 Å². The number of carbonyl (C=O) groups excluding carboxylic acids is 1.